The molecule has 1 aliphatic heterocycles. The van der Waals surface area contributed by atoms with Crippen LogP contribution < -0.4 is 10.2 Å². The third-order valence-electron chi connectivity index (χ3n) is 6.66. The average Bonchev–Trinajstić information content (AvgIpc) is 2.96. The summed E-state index contributed by atoms with van der Waals surface area (Å²) in [6, 6.07) is 0.352. The highest BCUT2D eigenvalue weighted by Gasteiger charge is 2.30. The van der Waals surface area contributed by atoms with Gasteiger partial charge in [0.15, 0.2) is 0 Å². The molecule has 1 saturated carbocycles. The standard InChI is InChI=1S/C23H34N4O2/c1-15-16(2)29-23-20(15)21(24-17(3)25-23)27-13-9-10-18(14-27)22(28)26-19-11-7-5-4-6-8-12-19/h18-19H,4-14H2,1-3H3,(H,26,28)/t18-/m0/s1. The lowest BCUT2D eigenvalue weighted by Gasteiger charge is -2.34. The third kappa shape index (κ3) is 4.41. The summed E-state index contributed by atoms with van der Waals surface area (Å²) in [7, 11) is 0. The molecule has 1 N–H and O–H groups in total. The molecule has 158 valence electrons. The summed E-state index contributed by atoms with van der Waals surface area (Å²) in [5.41, 5.74) is 1.75. The number of rotatable bonds is 3. The van der Waals surface area contributed by atoms with Crippen molar-refractivity contribution in [2.75, 3.05) is 18.0 Å². The van der Waals surface area contributed by atoms with E-state index in [0.29, 0.717) is 24.1 Å². The van der Waals surface area contributed by atoms with Gasteiger partial charge < -0.3 is 14.6 Å². The van der Waals surface area contributed by atoms with Crippen molar-refractivity contribution in [3.8, 4) is 0 Å². The number of anilines is 1. The molecular weight excluding hydrogens is 364 g/mol. The van der Waals surface area contributed by atoms with Crippen molar-refractivity contribution in [2.45, 2.75) is 84.6 Å². The fourth-order valence-corrected chi connectivity index (χ4v) is 4.86. The highest BCUT2D eigenvalue weighted by atomic mass is 16.3. The molecular formula is C23H34N4O2. The van der Waals surface area contributed by atoms with Gasteiger partial charge in [-0.2, -0.15) is 4.98 Å². The Labute approximate surface area is 173 Å². The number of amides is 1. The largest absolute Gasteiger partial charge is 0.443 e. The van der Waals surface area contributed by atoms with Gasteiger partial charge in [0.1, 0.15) is 17.4 Å². The molecule has 2 aliphatic rings. The van der Waals surface area contributed by atoms with E-state index in [0.717, 1.165) is 54.8 Å². The predicted molar refractivity (Wildman–Crippen MR) is 115 cm³/mol. The number of carbonyl (C=O) groups is 1. The van der Waals surface area contributed by atoms with Crippen LogP contribution >= 0.6 is 0 Å². The van der Waals surface area contributed by atoms with Crippen molar-refractivity contribution in [1.29, 1.82) is 0 Å². The number of aromatic nitrogens is 2. The molecule has 1 aliphatic carbocycles. The Balaban J connectivity index is 1.50. The molecule has 0 radical (unpaired) electrons. The van der Waals surface area contributed by atoms with Crippen LogP contribution in [-0.4, -0.2) is 35.0 Å². The van der Waals surface area contributed by atoms with Crippen molar-refractivity contribution < 1.29 is 9.21 Å². The molecule has 29 heavy (non-hydrogen) atoms. The number of fused-ring (bicyclic) bond motifs is 1. The first kappa shape index (κ1) is 20.2. The topological polar surface area (TPSA) is 71.3 Å². The van der Waals surface area contributed by atoms with Gasteiger partial charge in [-0.15, -0.1) is 0 Å². The fraction of sp³-hybridized carbons (Fsp3) is 0.696. The summed E-state index contributed by atoms with van der Waals surface area (Å²) in [5, 5.41) is 4.37. The van der Waals surface area contributed by atoms with Crippen molar-refractivity contribution in [1.82, 2.24) is 15.3 Å². The Morgan fingerprint density at radius 2 is 1.72 bits per heavy atom. The minimum Gasteiger partial charge on any atom is -0.443 e. The summed E-state index contributed by atoms with van der Waals surface area (Å²) in [6.07, 6.45) is 10.6. The van der Waals surface area contributed by atoms with Crippen LogP contribution in [0.3, 0.4) is 0 Å². The number of hydrogen-bond donors (Lipinski definition) is 1. The van der Waals surface area contributed by atoms with Crippen molar-refractivity contribution in [2.24, 2.45) is 5.92 Å². The molecule has 6 heteroatoms. The number of furan rings is 1. The lowest BCUT2D eigenvalue weighted by Crippen LogP contribution is -2.46. The second-order valence-corrected chi connectivity index (χ2v) is 8.89. The van der Waals surface area contributed by atoms with Crippen molar-refractivity contribution >= 4 is 22.8 Å². The molecule has 1 amide bonds. The number of carbonyl (C=O) groups excluding carboxylic acids is 1. The normalized spacial score (nSPS) is 21.8. The lowest BCUT2D eigenvalue weighted by atomic mass is 9.93. The first-order valence-electron chi connectivity index (χ1n) is 11.3. The molecule has 2 fully saturated rings. The molecule has 1 atom stereocenters. The van der Waals surface area contributed by atoms with E-state index in [9.17, 15) is 4.79 Å². The summed E-state index contributed by atoms with van der Waals surface area (Å²) < 4.78 is 5.85. The maximum Gasteiger partial charge on any atom is 0.231 e. The van der Waals surface area contributed by atoms with Crippen LogP contribution in [0.25, 0.3) is 11.1 Å². The molecule has 1 saturated heterocycles. The molecule has 3 heterocycles. The maximum absolute atomic E-state index is 13.1. The Morgan fingerprint density at radius 3 is 2.48 bits per heavy atom. The zero-order chi connectivity index (χ0) is 20.4. The second-order valence-electron chi connectivity index (χ2n) is 8.89. The number of nitrogens with zero attached hydrogens (tertiary/aromatic N) is 3. The zero-order valence-electron chi connectivity index (χ0n) is 18.1. The molecule has 2 aromatic rings. The molecule has 0 unspecified atom stereocenters. The van der Waals surface area contributed by atoms with E-state index in [1.807, 2.05) is 13.8 Å². The van der Waals surface area contributed by atoms with E-state index < -0.39 is 0 Å². The summed E-state index contributed by atoms with van der Waals surface area (Å²) >= 11 is 0. The van der Waals surface area contributed by atoms with Gasteiger partial charge >= 0.3 is 0 Å². The monoisotopic (exact) mass is 398 g/mol. The Kier molecular flexibility index (Phi) is 6.07. The van der Waals surface area contributed by atoms with E-state index in [2.05, 4.69) is 22.1 Å². The van der Waals surface area contributed by atoms with E-state index in [-0.39, 0.29) is 11.8 Å². The second kappa shape index (κ2) is 8.72. The molecule has 4 rings (SSSR count). The van der Waals surface area contributed by atoms with E-state index in [1.165, 1.54) is 32.1 Å². The van der Waals surface area contributed by atoms with Crippen LogP contribution in [0.5, 0.6) is 0 Å². The zero-order valence-corrected chi connectivity index (χ0v) is 18.1. The molecule has 0 bridgehead atoms. The van der Waals surface area contributed by atoms with Crippen LogP contribution in [0, 0.1) is 26.7 Å². The Morgan fingerprint density at radius 1 is 1.00 bits per heavy atom. The van der Waals surface area contributed by atoms with Gasteiger partial charge in [0.2, 0.25) is 11.6 Å². The maximum atomic E-state index is 13.1. The minimum atomic E-state index is 0.0211. The van der Waals surface area contributed by atoms with Gasteiger partial charge in [0, 0.05) is 24.7 Å². The van der Waals surface area contributed by atoms with Gasteiger partial charge in [-0.3, -0.25) is 4.79 Å². The van der Waals surface area contributed by atoms with Gasteiger partial charge in [0.25, 0.3) is 0 Å². The van der Waals surface area contributed by atoms with Crippen LogP contribution in [0.4, 0.5) is 5.82 Å². The summed E-state index contributed by atoms with van der Waals surface area (Å²) in [6.45, 7) is 7.57. The van der Waals surface area contributed by atoms with Crippen molar-refractivity contribution in [3.63, 3.8) is 0 Å². The number of piperidine rings is 1. The minimum absolute atomic E-state index is 0.0211. The van der Waals surface area contributed by atoms with E-state index >= 15 is 0 Å². The van der Waals surface area contributed by atoms with Gasteiger partial charge in [-0.25, -0.2) is 4.98 Å². The first-order chi connectivity index (χ1) is 14.0. The quantitative estimate of drug-likeness (QED) is 0.818. The average molecular weight is 399 g/mol. The fourth-order valence-electron chi connectivity index (χ4n) is 4.86. The lowest BCUT2D eigenvalue weighted by molar-refractivity contribution is -0.126. The number of aryl methyl sites for hydroxylation is 3. The van der Waals surface area contributed by atoms with Crippen LogP contribution in [0.15, 0.2) is 4.42 Å². The molecule has 0 aromatic carbocycles. The van der Waals surface area contributed by atoms with E-state index in [4.69, 9.17) is 9.40 Å². The number of hydrogen-bond acceptors (Lipinski definition) is 5. The van der Waals surface area contributed by atoms with Gasteiger partial charge in [-0.1, -0.05) is 32.1 Å². The summed E-state index contributed by atoms with van der Waals surface area (Å²) in [4.78, 5) is 24.6. The molecule has 2 aromatic heterocycles. The highest BCUT2D eigenvalue weighted by molar-refractivity contribution is 5.90. The van der Waals surface area contributed by atoms with Gasteiger partial charge in [-0.05, 0) is 46.5 Å². The summed E-state index contributed by atoms with van der Waals surface area (Å²) in [5.74, 6) is 2.76. The molecule has 6 nitrogen and oxygen atoms in total. The van der Waals surface area contributed by atoms with Crippen LogP contribution in [-0.2, 0) is 4.79 Å². The number of nitrogens with one attached hydrogen (secondary N) is 1. The van der Waals surface area contributed by atoms with Gasteiger partial charge in [0.05, 0.1) is 11.3 Å². The van der Waals surface area contributed by atoms with Crippen LogP contribution in [0.1, 0.15) is 74.9 Å². The molecule has 0 spiro atoms. The Bertz CT molecular complexity index is 867. The highest BCUT2D eigenvalue weighted by Crippen LogP contribution is 2.33. The SMILES string of the molecule is Cc1nc(N2CCC[C@H](C(=O)NC3CCCCCCC3)C2)c2c(C)c(C)oc2n1. The van der Waals surface area contributed by atoms with E-state index in [1.54, 1.807) is 0 Å². The Hall–Kier alpha value is -2.11. The predicted octanol–water partition coefficient (Wildman–Crippen LogP) is 4.59. The smallest absolute Gasteiger partial charge is 0.231 e. The van der Waals surface area contributed by atoms with Crippen molar-refractivity contribution in [3.05, 3.63) is 17.1 Å². The third-order valence-corrected chi connectivity index (χ3v) is 6.66. The van der Waals surface area contributed by atoms with Crippen LogP contribution in [0.2, 0.25) is 0 Å². The first-order valence-corrected chi connectivity index (χ1v) is 11.3.